The highest BCUT2D eigenvalue weighted by atomic mass is 16.2. The lowest BCUT2D eigenvalue weighted by atomic mass is 9.89. The van der Waals surface area contributed by atoms with E-state index in [1.807, 2.05) is 30.3 Å². The Balaban J connectivity index is 1.83. The second kappa shape index (κ2) is 6.34. The SMILES string of the molecule is C[C@@H]1CCC/C(=N/NC(=O)Cc2ccccc2)C1. The molecule has 0 radical (unpaired) electrons. The van der Waals surface area contributed by atoms with E-state index in [1.54, 1.807) is 0 Å². The Morgan fingerprint density at radius 1 is 1.39 bits per heavy atom. The fraction of sp³-hybridized carbons (Fsp3) is 0.467. The van der Waals surface area contributed by atoms with Gasteiger partial charge in [-0.15, -0.1) is 0 Å². The van der Waals surface area contributed by atoms with Gasteiger partial charge in [0.15, 0.2) is 0 Å². The van der Waals surface area contributed by atoms with Crippen LogP contribution < -0.4 is 5.43 Å². The van der Waals surface area contributed by atoms with E-state index in [0.29, 0.717) is 12.3 Å². The molecule has 0 unspecified atom stereocenters. The average Bonchev–Trinajstić information content (AvgIpc) is 2.38. The number of amides is 1. The third kappa shape index (κ3) is 3.99. The number of rotatable bonds is 3. The summed E-state index contributed by atoms with van der Waals surface area (Å²) in [5.41, 5.74) is 4.83. The molecule has 3 heteroatoms. The number of hydrogen-bond acceptors (Lipinski definition) is 2. The van der Waals surface area contributed by atoms with Gasteiger partial charge in [0.2, 0.25) is 5.91 Å². The zero-order valence-electron chi connectivity index (χ0n) is 10.9. The summed E-state index contributed by atoms with van der Waals surface area (Å²) < 4.78 is 0. The number of nitrogens with zero attached hydrogens (tertiary/aromatic N) is 1. The van der Waals surface area contributed by atoms with Crippen LogP contribution in [0.3, 0.4) is 0 Å². The summed E-state index contributed by atoms with van der Waals surface area (Å²) in [6, 6.07) is 9.74. The molecule has 1 amide bonds. The maximum absolute atomic E-state index is 11.7. The molecular weight excluding hydrogens is 224 g/mol. The van der Waals surface area contributed by atoms with Gasteiger partial charge in [-0.05, 0) is 37.2 Å². The van der Waals surface area contributed by atoms with E-state index >= 15 is 0 Å². The quantitative estimate of drug-likeness (QED) is 0.816. The normalized spacial score (nSPS) is 21.8. The van der Waals surface area contributed by atoms with Crippen LogP contribution in [0.1, 0.15) is 38.2 Å². The van der Waals surface area contributed by atoms with Gasteiger partial charge in [-0.3, -0.25) is 4.79 Å². The van der Waals surface area contributed by atoms with E-state index in [1.165, 1.54) is 12.8 Å². The first-order valence-corrected chi connectivity index (χ1v) is 6.62. The van der Waals surface area contributed by atoms with Crippen LogP contribution in [-0.4, -0.2) is 11.6 Å². The van der Waals surface area contributed by atoms with Gasteiger partial charge >= 0.3 is 0 Å². The largest absolute Gasteiger partial charge is 0.273 e. The summed E-state index contributed by atoms with van der Waals surface area (Å²) in [6.45, 7) is 2.24. The molecule has 1 atom stereocenters. The number of nitrogens with one attached hydrogen (secondary N) is 1. The highest BCUT2D eigenvalue weighted by molar-refractivity contribution is 5.87. The second-order valence-corrected chi connectivity index (χ2v) is 5.08. The van der Waals surface area contributed by atoms with Crippen molar-refractivity contribution in [3.63, 3.8) is 0 Å². The average molecular weight is 244 g/mol. The van der Waals surface area contributed by atoms with Gasteiger partial charge in [-0.1, -0.05) is 37.3 Å². The Hall–Kier alpha value is -1.64. The summed E-state index contributed by atoms with van der Waals surface area (Å²) in [5, 5.41) is 4.25. The van der Waals surface area contributed by atoms with Gasteiger partial charge in [-0.25, -0.2) is 5.43 Å². The fourth-order valence-electron chi connectivity index (χ4n) is 2.32. The van der Waals surface area contributed by atoms with Crippen molar-refractivity contribution in [3.05, 3.63) is 35.9 Å². The maximum Gasteiger partial charge on any atom is 0.244 e. The first-order valence-electron chi connectivity index (χ1n) is 6.62. The van der Waals surface area contributed by atoms with Gasteiger partial charge in [0.05, 0.1) is 6.42 Å². The van der Waals surface area contributed by atoms with Crippen LogP contribution in [0.5, 0.6) is 0 Å². The van der Waals surface area contributed by atoms with E-state index in [4.69, 9.17) is 0 Å². The molecule has 1 saturated carbocycles. The van der Waals surface area contributed by atoms with Crippen molar-refractivity contribution in [3.8, 4) is 0 Å². The van der Waals surface area contributed by atoms with E-state index < -0.39 is 0 Å². The molecule has 1 fully saturated rings. The summed E-state index contributed by atoms with van der Waals surface area (Å²) in [7, 11) is 0. The molecule has 0 heterocycles. The molecule has 0 spiro atoms. The van der Waals surface area contributed by atoms with Crippen LogP contribution >= 0.6 is 0 Å². The minimum atomic E-state index is -0.0353. The number of carbonyl (C=O) groups is 1. The summed E-state index contributed by atoms with van der Waals surface area (Å²) in [5.74, 6) is 0.662. The van der Waals surface area contributed by atoms with Gasteiger partial charge in [-0.2, -0.15) is 5.10 Å². The number of hydrazone groups is 1. The summed E-state index contributed by atoms with van der Waals surface area (Å²) in [6.07, 6.45) is 4.90. The third-order valence-electron chi connectivity index (χ3n) is 3.29. The molecule has 1 aromatic carbocycles. The molecule has 96 valence electrons. The number of carbonyl (C=O) groups excluding carboxylic acids is 1. The van der Waals surface area contributed by atoms with E-state index in [0.717, 1.165) is 24.1 Å². The first kappa shape index (κ1) is 12.8. The van der Waals surface area contributed by atoms with Crippen LogP contribution in [0.25, 0.3) is 0 Å². The number of benzene rings is 1. The Morgan fingerprint density at radius 3 is 2.89 bits per heavy atom. The highest BCUT2D eigenvalue weighted by Crippen LogP contribution is 2.20. The van der Waals surface area contributed by atoms with Gasteiger partial charge in [0.1, 0.15) is 0 Å². The van der Waals surface area contributed by atoms with Crippen LogP contribution in [0.15, 0.2) is 35.4 Å². The minimum absolute atomic E-state index is 0.0353. The van der Waals surface area contributed by atoms with Gasteiger partial charge < -0.3 is 0 Å². The second-order valence-electron chi connectivity index (χ2n) is 5.08. The smallest absolute Gasteiger partial charge is 0.244 e. The molecule has 0 aromatic heterocycles. The number of hydrogen-bond donors (Lipinski definition) is 1. The zero-order chi connectivity index (χ0) is 12.8. The minimum Gasteiger partial charge on any atom is -0.273 e. The maximum atomic E-state index is 11.7. The van der Waals surface area contributed by atoms with E-state index in [-0.39, 0.29) is 5.91 Å². The lowest BCUT2D eigenvalue weighted by Crippen LogP contribution is -2.23. The van der Waals surface area contributed by atoms with Crippen molar-refractivity contribution in [1.29, 1.82) is 0 Å². The Bertz CT molecular complexity index is 425. The monoisotopic (exact) mass is 244 g/mol. The Labute approximate surface area is 108 Å². The van der Waals surface area contributed by atoms with Gasteiger partial charge in [0, 0.05) is 5.71 Å². The van der Waals surface area contributed by atoms with Gasteiger partial charge in [0.25, 0.3) is 0 Å². The molecule has 0 bridgehead atoms. The lowest BCUT2D eigenvalue weighted by Gasteiger charge is -2.18. The predicted octanol–water partition coefficient (Wildman–Crippen LogP) is 2.91. The van der Waals surface area contributed by atoms with Crippen LogP contribution in [0.2, 0.25) is 0 Å². The zero-order valence-corrected chi connectivity index (χ0v) is 10.9. The summed E-state index contributed by atoms with van der Waals surface area (Å²) in [4.78, 5) is 11.7. The molecule has 18 heavy (non-hydrogen) atoms. The standard InChI is InChI=1S/C15H20N2O/c1-12-6-5-9-14(10-12)16-17-15(18)11-13-7-3-2-4-8-13/h2-4,7-8,12H,5-6,9-11H2,1H3,(H,17,18)/b16-14-/t12-/m1/s1. The predicted molar refractivity (Wildman–Crippen MR) is 73.4 cm³/mol. The van der Waals surface area contributed by atoms with Crippen molar-refractivity contribution < 1.29 is 4.79 Å². The van der Waals surface area contributed by atoms with Crippen molar-refractivity contribution in [1.82, 2.24) is 5.43 Å². The van der Waals surface area contributed by atoms with Crippen LogP contribution in [0.4, 0.5) is 0 Å². The molecule has 0 aliphatic heterocycles. The topological polar surface area (TPSA) is 41.5 Å². The molecule has 1 aliphatic carbocycles. The van der Waals surface area contributed by atoms with E-state index in [9.17, 15) is 4.79 Å². The van der Waals surface area contributed by atoms with E-state index in [2.05, 4.69) is 17.5 Å². The molecule has 3 nitrogen and oxygen atoms in total. The molecule has 0 saturated heterocycles. The molecule has 1 N–H and O–H groups in total. The molecular formula is C15H20N2O. The summed E-state index contributed by atoms with van der Waals surface area (Å²) >= 11 is 0. The highest BCUT2D eigenvalue weighted by Gasteiger charge is 2.14. The van der Waals surface area contributed by atoms with Crippen molar-refractivity contribution >= 4 is 11.6 Å². The van der Waals surface area contributed by atoms with Crippen molar-refractivity contribution in [2.45, 2.75) is 39.0 Å². The van der Waals surface area contributed by atoms with Crippen molar-refractivity contribution in [2.75, 3.05) is 0 Å². The molecule has 1 aliphatic rings. The third-order valence-corrected chi connectivity index (χ3v) is 3.29. The van der Waals surface area contributed by atoms with Crippen LogP contribution in [0, 0.1) is 5.92 Å². The first-order chi connectivity index (χ1) is 8.74. The fourth-order valence-corrected chi connectivity index (χ4v) is 2.32. The molecule has 2 rings (SSSR count). The van der Waals surface area contributed by atoms with Crippen molar-refractivity contribution in [2.24, 2.45) is 11.0 Å². The molecule has 1 aromatic rings. The Kier molecular flexibility index (Phi) is 4.51. The lowest BCUT2D eigenvalue weighted by molar-refractivity contribution is -0.120. The Morgan fingerprint density at radius 2 is 2.17 bits per heavy atom. The van der Waals surface area contributed by atoms with Crippen LogP contribution in [-0.2, 0) is 11.2 Å².